The van der Waals surface area contributed by atoms with E-state index < -0.39 is 0 Å². The van der Waals surface area contributed by atoms with Crippen LogP contribution in [-0.2, 0) is 0 Å². The molecule has 104 valence electrons. The van der Waals surface area contributed by atoms with Crippen molar-refractivity contribution in [3.05, 3.63) is 29.3 Å². The quantitative estimate of drug-likeness (QED) is 0.867. The van der Waals surface area contributed by atoms with Crippen molar-refractivity contribution in [3.8, 4) is 5.75 Å². The second-order valence-electron chi connectivity index (χ2n) is 5.39. The summed E-state index contributed by atoms with van der Waals surface area (Å²) in [4.78, 5) is 0. The van der Waals surface area contributed by atoms with Gasteiger partial charge in [0.05, 0.1) is 7.11 Å². The minimum absolute atomic E-state index is 0. The van der Waals surface area contributed by atoms with Crippen LogP contribution in [0.1, 0.15) is 57.2 Å². The van der Waals surface area contributed by atoms with Gasteiger partial charge in [0.15, 0.2) is 0 Å². The smallest absolute Gasteiger partial charge is 0.123 e. The summed E-state index contributed by atoms with van der Waals surface area (Å²) in [5, 5.41) is 0. The van der Waals surface area contributed by atoms with Gasteiger partial charge in [0.25, 0.3) is 0 Å². The summed E-state index contributed by atoms with van der Waals surface area (Å²) in [6.45, 7) is 8.77. The molecular weight excluding hydrogens is 246 g/mol. The Kier molecular flexibility index (Phi) is 7.34. The Balaban J connectivity index is 0.00000289. The summed E-state index contributed by atoms with van der Waals surface area (Å²) in [5.74, 6) is 2.02. The fourth-order valence-corrected chi connectivity index (χ4v) is 2.04. The molecule has 0 saturated heterocycles. The molecule has 0 aromatic heterocycles. The van der Waals surface area contributed by atoms with Crippen molar-refractivity contribution in [2.24, 2.45) is 11.7 Å². The number of benzene rings is 1. The fraction of sp³-hybridized carbons (Fsp3) is 0.600. The van der Waals surface area contributed by atoms with E-state index in [2.05, 4.69) is 39.8 Å². The lowest BCUT2D eigenvalue weighted by atomic mass is 9.93. The van der Waals surface area contributed by atoms with Gasteiger partial charge in [-0.1, -0.05) is 39.8 Å². The van der Waals surface area contributed by atoms with Crippen LogP contribution >= 0.6 is 12.4 Å². The summed E-state index contributed by atoms with van der Waals surface area (Å²) < 4.78 is 5.40. The highest BCUT2D eigenvalue weighted by atomic mass is 35.5. The lowest BCUT2D eigenvalue weighted by molar-refractivity contribution is 0.399. The molecule has 2 nitrogen and oxygen atoms in total. The van der Waals surface area contributed by atoms with Gasteiger partial charge in [0.1, 0.15) is 5.75 Å². The summed E-state index contributed by atoms with van der Waals surface area (Å²) in [6, 6.07) is 6.40. The van der Waals surface area contributed by atoms with E-state index in [0.717, 1.165) is 17.7 Å². The molecule has 0 saturated carbocycles. The number of ether oxygens (including phenoxy) is 1. The van der Waals surface area contributed by atoms with Crippen LogP contribution in [0.4, 0.5) is 0 Å². The molecule has 0 bridgehead atoms. The van der Waals surface area contributed by atoms with Crippen LogP contribution in [0.15, 0.2) is 18.2 Å². The van der Waals surface area contributed by atoms with E-state index in [-0.39, 0.29) is 18.4 Å². The Morgan fingerprint density at radius 1 is 1.17 bits per heavy atom. The zero-order valence-corrected chi connectivity index (χ0v) is 12.9. The normalized spacial score (nSPS) is 12.4. The second-order valence-corrected chi connectivity index (χ2v) is 5.39. The minimum Gasteiger partial charge on any atom is -0.496 e. The van der Waals surface area contributed by atoms with Crippen LogP contribution in [0, 0.1) is 5.92 Å². The molecule has 3 heteroatoms. The maximum Gasteiger partial charge on any atom is 0.123 e. The molecule has 1 aromatic rings. The van der Waals surface area contributed by atoms with Gasteiger partial charge >= 0.3 is 0 Å². The van der Waals surface area contributed by atoms with Crippen molar-refractivity contribution in [2.75, 3.05) is 7.11 Å². The van der Waals surface area contributed by atoms with Crippen molar-refractivity contribution >= 4 is 12.4 Å². The van der Waals surface area contributed by atoms with Crippen molar-refractivity contribution in [2.45, 2.75) is 46.1 Å². The Morgan fingerprint density at radius 2 is 1.78 bits per heavy atom. The van der Waals surface area contributed by atoms with Crippen molar-refractivity contribution in [3.63, 3.8) is 0 Å². The average molecular weight is 272 g/mol. The predicted octanol–water partition coefficient (Wildman–Crippen LogP) is 4.29. The molecule has 1 atom stereocenters. The van der Waals surface area contributed by atoms with Crippen LogP contribution < -0.4 is 10.5 Å². The van der Waals surface area contributed by atoms with Crippen molar-refractivity contribution in [1.82, 2.24) is 0 Å². The first-order chi connectivity index (χ1) is 7.95. The topological polar surface area (TPSA) is 35.2 Å². The minimum atomic E-state index is 0. The molecule has 0 spiro atoms. The van der Waals surface area contributed by atoms with Gasteiger partial charge in [0, 0.05) is 11.6 Å². The highest BCUT2D eigenvalue weighted by Crippen LogP contribution is 2.30. The summed E-state index contributed by atoms with van der Waals surface area (Å²) in [5.41, 5.74) is 8.71. The van der Waals surface area contributed by atoms with E-state index in [0.29, 0.717) is 11.8 Å². The first kappa shape index (κ1) is 17.3. The predicted molar refractivity (Wildman–Crippen MR) is 80.7 cm³/mol. The average Bonchev–Trinajstić information content (AvgIpc) is 2.27. The molecule has 0 unspecified atom stereocenters. The van der Waals surface area contributed by atoms with Gasteiger partial charge < -0.3 is 10.5 Å². The maximum atomic E-state index is 6.26. The van der Waals surface area contributed by atoms with Crippen LogP contribution in [-0.4, -0.2) is 7.11 Å². The lowest BCUT2D eigenvalue weighted by Crippen LogP contribution is -2.14. The fourth-order valence-electron chi connectivity index (χ4n) is 2.04. The Labute approximate surface area is 117 Å². The lowest BCUT2D eigenvalue weighted by Gasteiger charge is -2.19. The van der Waals surface area contributed by atoms with E-state index in [1.807, 2.05) is 6.07 Å². The largest absolute Gasteiger partial charge is 0.496 e. The number of halogens is 1. The van der Waals surface area contributed by atoms with Crippen molar-refractivity contribution < 1.29 is 4.74 Å². The maximum absolute atomic E-state index is 6.26. The first-order valence-corrected chi connectivity index (χ1v) is 6.39. The van der Waals surface area contributed by atoms with Gasteiger partial charge in [-0.15, -0.1) is 12.4 Å². The SMILES string of the molecule is COc1ccc(C(C)C)cc1[C@@H](N)CC(C)C.Cl. The number of methoxy groups -OCH3 is 1. The van der Waals surface area contributed by atoms with Gasteiger partial charge in [-0.25, -0.2) is 0 Å². The van der Waals surface area contributed by atoms with Gasteiger partial charge in [-0.2, -0.15) is 0 Å². The van der Waals surface area contributed by atoms with Crippen LogP contribution in [0.3, 0.4) is 0 Å². The molecule has 0 amide bonds. The third kappa shape index (κ3) is 4.51. The Morgan fingerprint density at radius 3 is 2.22 bits per heavy atom. The zero-order chi connectivity index (χ0) is 13.0. The van der Waals surface area contributed by atoms with Gasteiger partial charge in [-0.05, 0) is 29.9 Å². The molecule has 0 aliphatic carbocycles. The first-order valence-electron chi connectivity index (χ1n) is 6.39. The molecule has 0 heterocycles. The van der Waals surface area contributed by atoms with Crippen molar-refractivity contribution in [1.29, 1.82) is 0 Å². The Bertz CT molecular complexity index is 364. The summed E-state index contributed by atoms with van der Waals surface area (Å²) in [6.07, 6.45) is 0.984. The van der Waals surface area contributed by atoms with E-state index in [1.54, 1.807) is 7.11 Å². The molecule has 1 aromatic carbocycles. The third-order valence-electron chi connectivity index (χ3n) is 3.05. The van der Waals surface area contributed by atoms with Crippen LogP contribution in [0.5, 0.6) is 5.75 Å². The molecule has 1 rings (SSSR count). The zero-order valence-electron chi connectivity index (χ0n) is 12.1. The highest BCUT2D eigenvalue weighted by Gasteiger charge is 2.15. The summed E-state index contributed by atoms with van der Waals surface area (Å²) in [7, 11) is 1.70. The molecule has 18 heavy (non-hydrogen) atoms. The molecular formula is C15H26ClNO. The van der Waals surface area contributed by atoms with E-state index in [9.17, 15) is 0 Å². The van der Waals surface area contributed by atoms with E-state index >= 15 is 0 Å². The van der Waals surface area contributed by atoms with Crippen LogP contribution in [0.25, 0.3) is 0 Å². The second kappa shape index (κ2) is 7.65. The molecule has 0 aliphatic rings. The number of nitrogens with two attached hydrogens (primary N) is 1. The Hall–Kier alpha value is -0.730. The molecule has 0 aliphatic heterocycles. The third-order valence-corrected chi connectivity index (χ3v) is 3.05. The molecule has 2 N–H and O–H groups in total. The summed E-state index contributed by atoms with van der Waals surface area (Å²) >= 11 is 0. The number of rotatable bonds is 5. The van der Waals surface area contributed by atoms with E-state index in [4.69, 9.17) is 10.5 Å². The van der Waals surface area contributed by atoms with Gasteiger partial charge in [0.2, 0.25) is 0 Å². The monoisotopic (exact) mass is 271 g/mol. The number of hydrogen-bond acceptors (Lipinski definition) is 2. The standard InChI is InChI=1S/C15H25NO.ClH/c1-10(2)8-14(16)13-9-12(11(3)4)6-7-15(13)17-5;/h6-7,9-11,14H,8,16H2,1-5H3;1H/t14-;/m0./s1. The van der Waals surface area contributed by atoms with E-state index in [1.165, 1.54) is 5.56 Å². The number of hydrogen-bond donors (Lipinski definition) is 1. The van der Waals surface area contributed by atoms with Gasteiger partial charge in [-0.3, -0.25) is 0 Å². The molecule has 0 radical (unpaired) electrons. The van der Waals surface area contributed by atoms with Crippen LogP contribution in [0.2, 0.25) is 0 Å². The molecule has 0 fully saturated rings. The highest BCUT2D eigenvalue weighted by molar-refractivity contribution is 5.85.